The SMILES string of the molecule is COc1ccccc1NC(=O)c1cn(-c2ncccc2-c2nc(C3CC3)no2)cn1. The number of para-hydroxylation sites is 2. The van der Waals surface area contributed by atoms with Crippen LogP contribution in [0.2, 0.25) is 0 Å². The number of rotatable bonds is 6. The molecule has 1 N–H and O–H groups in total. The maximum atomic E-state index is 12.7. The first kappa shape index (κ1) is 18.0. The summed E-state index contributed by atoms with van der Waals surface area (Å²) < 4.78 is 12.4. The van der Waals surface area contributed by atoms with E-state index in [9.17, 15) is 4.79 Å². The number of imidazole rings is 1. The lowest BCUT2D eigenvalue weighted by atomic mass is 10.2. The van der Waals surface area contributed by atoms with E-state index in [-0.39, 0.29) is 11.6 Å². The van der Waals surface area contributed by atoms with Gasteiger partial charge in [-0.25, -0.2) is 9.97 Å². The van der Waals surface area contributed by atoms with Gasteiger partial charge in [-0.15, -0.1) is 0 Å². The Kier molecular flexibility index (Phi) is 4.47. The first-order valence-corrected chi connectivity index (χ1v) is 9.50. The van der Waals surface area contributed by atoms with Crippen molar-refractivity contribution in [2.45, 2.75) is 18.8 Å². The van der Waals surface area contributed by atoms with Crippen molar-refractivity contribution in [3.63, 3.8) is 0 Å². The number of anilines is 1. The number of benzene rings is 1. The van der Waals surface area contributed by atoms with Gasteiger partial charge in [0.05, 0.1) is 18.4 Å². The second-order valence-corrected chi connectivity index (χ2v) is 6.93. The van der Waals surface area contributed by atoms with Gasteiger partial charge in [0.25, 0.3) is 11.8 Å². The summed E-state index contributed by atoms with van der Waals surface area (Å²) in [6.45, 7) is 0. The minimum Gasteiger partial charge on any atom is -0.495 e. The highest BCUT2D eigenvalue weighted by molar-refractivity contribution is 6.03. The lowest BCUT2D eigenvalue weighted by Gasteiger charge is -2.08. The van der Waals surface area contributed by atoms with E-state index in [0.717, 1.165) is 18.7 Å². The van der Waals surface area contributed by atoms with Crippen molar-refractivity contribution in [2.75, 3.05) is 12.4 Å². The van der Waals surface area contributed by atoms with Crippen LogP contribution in [0, 0.1) is 0 Å². The van der Waals surface area contributed by atoms with E-state index >= 15 is 0 Å². The molecule has 5 rings (SSSR count). The Morgan fingerprint density at radius 2 is 2.07 bits per heavy atom. The van der Waals surface area contributed by atoms with Crippen molar-refractivity contribution < 1.29 is 14.1 Å². The van der Waals surface area contributed by atoms with Crippen molar-refractivity contribution in [1.29, 1.82) is 0 Å². The molecule has 1 amide bonds. The average molecular weight is 402 g/mol. The quantitative estimate of drug-likeness (QED) is 0.526. The van der Waals surface area contributed by atoms with Crippen LogP contribution in [-0.2, 0) is 0 Å². The lowest BCUT2D eigenvalue weighted by Crippen LogP contribution is -2.13. The molecule has 0 spiro atoms. The van der Waals surface area contributed by atoms with Crippen LogP contribution in [0.3, 0.4) is 0 Å². The summed E-state index contributed by atoms with van der Waals surface area (Å²) >= 11 is 0. The zero-order valence-corrected chi connectivity index (χ0v) is 16.1. The predicted octanol–water partition coefficient (Wildman–Crippen LogP) is 3.46. The largest absolute Gasteiger partial charge is 0.495 e. The fraction of sp³-hybridized carbons (Fsp3) is 0.190. The Balaban J connectivity index is 1.42. The number of nitrogens with one attached hydrogen (secondary N) is 1. The summed E-state index contributed by atoms with van der Waals surface area (Å²) in [5.41, 5.74) is 1.48. The second-order valence-electron chi connectivity index (χ2n) is 6.93. The summed E-state index contributed by atoms with van der Waals surface area (Å²) in [5, 5.41) is 6.88. The van der Waals surface area contributed by atoms with Gasteiger partial charge in [0, 0.05) is 18.3 Å². The van der Waals surface area contributed by atoms with E-state index < -0.39 is 0 Å². The zero-order chi connectivity index (χ0) is 20.5. The van der Waals surface area contributed by atoms with Crippen molar-refractivity contribution in [1.82, 2.24) is 24.7 Å². The topological polar surface area (TPSA) is 108 Å². The molecular weight excluding hydrogens is 384 g/mol. The van der Waals surface area contributed by atoms with Crippen molar-refractivity contribution >= 4 is 11.6 Å². The highest BCUT2D eigenvalue weighted by Crippen LogP contribution is 2.39. The number of amides is 1. The van der Waals surface area contributed by atoms with Crippen LogP contribution in [-0.4, -0.2) is 37.7 Å². The van der Waals surface area contributed by atoms with E-state index in [1.165, 1.54) is 6.33 Å². The number of carbonyl (C=O) groups is 1. The molecule has 0 unspecified atom stereocenters. The standard InChI is InChI=1S/C21H18N6O3/c1-29-17-7-3-2-6-15(17)24-20(28)16-11-27(12-23-16)19-14(5-4-10-22-19)21-25-18(26-30-21)13-8-9-13/h2-7,10-13H,8-9H2,1H3,(H,24,28). The molecule has 1 saturated carbocycles. The van der Waals surface area contributed by atoms with Crippen LogP contribution in [0.15, 0.2) is 59.6 Å². The molecule has 1 fully saturated rings. The molecule has 4 aromatic rings. The van der Waals surface area contributed by atoms with Gasteiger partial charge < -0.3 is 14.6 Å². The molecule has 1 aromatic carbocycles. The smallest absolute Gasteiger partial charge is 0.275 e. The average Bonchev–Trinajstić information content (AvgIpc) is 3.31. The highest BCUT2D eigenvalue weighted by atomic mass is 16.5. The van der Waals surface area contributed by atoms with Crippen molar-refractivity contribution in [3.8, 4) is 23.0 Å². The summed E-state index contributed by atoms with van der Waals surface area (Å²) in [4.78, 5) is 25.8. The fourth-order valence-electron chi connectivity index (χ4n) is 3.11. The molecule has 1 aliphatic rings. The molecule has 0 atom stereocenters. The van der Waals surface area contributed by atoms with Gasteiger partial charge in [0.1, 0.15) is 17.8 Å². The number of aromatic nitrogens is 5. The van der Waals surface area contributed by atoms with Gasteiger partial charge >= 0.3 is 0 Å². The van der Waals surface area contributed by atoms with Crippen LogP contribution < -0.4 is 10.1 Å². The number of methoxy groups -OCH3 is 1. The van der Waals surface area contributed by atoms with Gasteiger partial charge in [-0.1, -0.05) is 17.3 Å². The first-order chi connectivity index (χ1) is 14.7. The molecule has 0 saturated heterocycles. The monoisotopic (exact) mass is 402 g/mol. The summed E-state index contributed by atoms with van der Waals surface area (Å²) in [7, 11) is 1.55. The Morgan fingerprint density at radius 3 is 2.90 bits per heavy atom. The van der Waals surface area contributed by atoms with E-state index in [0.29, 0.717) is 34.6 Å². The van der Waals surface area contributed by atoms with Crippen LogP contribution in [0.4, 0.5) is 5.69 Å². The molecular formula is C21H18N6O3. The number of hydrogen-bond donors (Lipinski definition) is 1. The molecule has 9 heteroatoms. The van der Waals surface area contributed by atoms with Crippen LogP contribution >= 0.6 is 0 Å². The van der Waals surface area contributed by atoms with E-state index in [1.807, 2.05) is 18.2 Å². The Hall–Kier alpha value is -4.01. The molecule has 150 valence electrons. The Morgan fingerprint density at radius 1 is 1.20 bits per heavy atom. The molecule has 0 radical (unpaired) electrons. The number of hydrogen-bond acceptors (Lipinski definition) is 7. The molecule has 3 aromatic heterocycles. The van der Waals surface area contributed by atoms with Gasteiger partial charge in [0.2, 0.25) is 0 Å². The van der Waals surface area contributed by atoms with E-state index in [4.69, 9.17) is 9.26 Å². The highest BCUT2D eigenvalue weighted by Gasteiger charge is 2.29. The van der Waals surface area contributed by atoms with Crippen LogP contribution in [0.5, 0.6) is 5.75 Å². The van der Waals surface area contributed by atoms with Gasteiger partial charge in [-0.3, -0.25) is 9.36 Å². The second kappa shape index (κ2) is 7.43. The number of nitrogens with zero attached hydrogens (tertiary/aromatic N) is 5. The molecule has 0 aliphatic heterocycles. The number of ether oxygens (including phenoxy) is 1. The third-order valence-corrected chi connectivity index (χ3v) is 4.82. The van der Waals surface area contributed by atoms with E-state index in [1.54, 1.807) is 42.3 Å². The number of carbonyl (C=O) groups excluding carboxylic acids is 1. The van der Waals surface area contributed by atoms with Crippen LogP contribution in [0.1, 0.15) is 35.1 Å². The lowest BCUT2D eigenvalue weighted by molar-refractivity contribution is 0.102. The maximum Gasteiger partial charge on any atom is 0.275 e. The summed E-state index contributed by atoms with van der Waals surface area (Å²) in [6.07, 6.45) is 6.97. The first-order valence-electron chi connectivity index (χ1n) is 9.50. The molecule has 9 nitrogen and oxygen atoms in total. The van der Waals surface area contributed by atoms with Gasteiger partial charge in [0.15, 0.2) is 11.6 Å². The Bertz CT molecular complexity index is 1210. The third kappa shape index (κ3) is 3.41. The molecule has 30 heavy (non-hydrogen) atoms. The minimum absolute atomic E-state index is 0.238. The predicted molar refractivity (Wildman–Crippen MR) is 108 cm³/mol. The van der Waals surface area contributed by atoms with Gasteiger partial charge in [-0.2, -0.15) is 4.98 Å². The molecule has 0 bridgehead atoms. The minimum atomic E-state index is -0.357. The summed E-state index contributed by atoms with van der Waals surface area (Å²) in [5.74, 6) is 2.27. The van der Waals surface area contributed by atoms with E-state index in [2.05, 4.69) is 25.4 Å². The van der Waals surface area contributed by atoms with Crippen LogP contribution in [0.25, 0.3) is 17.3 Å². The Labute approximate surface area is 171 Å². The molecule has 3 heterocycles. The third-order valence-electron chi connectivity index (χ3n) is 4.82. The molecule has 1 aliphatic carbocycles. The summed E-state index contributed by atoms with van der Waals surface area (Å²) in [6, 6.07) is 10.8. The van der Waals surface area contributed by atoms with Crippen molar-refractivity contribution in [3.05, 3.63) is 66.6 Å². The van der Waals surface area contributed by atoms with Crippen molar-refractivity contribution in [2.24, 2.45) is 0 Å². The maximum absolute atomic E-state index is 12.7. The fourth-order valence-corrected chi connectivity index (χ4v) is 3.11. The zero-order valence-electron chi connectivity index (χ0n) is 16.1. The van der Waals surface area contributed by atoms with Gasteiger partial charge in [-0.05, 0) is 37.1 Å². The normalized spacial score (nSPS) is 13.2. The number of pyridine rings is 1.